The average molecular weight is 665 g/mol. The van der Waals surface area contributed by atoms with E-state index >= 15 is 0 Å². The molecule has 0 spiro atoms. The van der Waals surface area contributed by atoms with E-state index in [0.717, 1.165) is 76.2 Å². The van der Waals surface area contributed by atoms with Crippen LogP contribution in [0, 0.1) is 59.2 Å². The zero-order valence-corrected chi connectivity index (χ0v) is 32.0. The van der Waals surface area contributed by atoms with E-state index < -0.39 is 17.8 Å². The van der Waals surface area contributed by atoms with Gasteiger partial charge in [0.15, 0.2) is 0 Å². The molecule has 47 heavy (non-hydrogen) atoms. The molecule has 0 heterocycles. The van der Waals surface area contributed by atoms with E-state index in [4.69, 9.17) is 12.6 Å². The molecule has 4 saturated carbocycles. The maximum atomic E-state index is 13.3. The molecule has 4 aliphatic carbocycles. The van der Waals surface area contributed by atoms with Gasteiger partial charge in [-0.2, -0.15) is 12.6 Å². The second-order valence-electron chi connectivity index (χ2n) is 17.8. The Kier molecular flexibility index (Phi) is 11.0. The molecular weight excluding hydrogens is 597 g/mol. The normalized spacial score (nSPS) is 41.3. The van der Waals surface area contributed by atoms with Crippen LogP contribution in [0.25, 0.3) is 0 Å². The number of aliphatic hydroxyl groups is 3. The number of aryl methyl sites for hydroxylation is 1. The Morgan fingerprint density at radius 2 is 1.77 bits per heavy atom. The SMILES string of the molecule is C=C(C)/C=C(\C(C)Cc1ccccc1C)C1CCC2(O)C3(C)CCC4CC(CCC(O)C(O)C(C)CC)CCC4(S)C3CC(C)C12C. The monoisotopic (exact) mass is 664 g/mol. The summed E-state index contributed by atoms with van der Waals surface area (Å²) in [5, 5.41) is 34.6. The molecule has 5 rings (SSSR count). The van der Waals surface area contributed by atoms with E-state index in [1.165, 1.54) is 16.7 Å². The molecule has 0 radical (unpaired) electrons. The lowest BCUT2D eigenvalue weighted by Crippen LogP contribution is -2.71. The quantitative estimate of drug-likeness (QED) is 0.141. The highest BCUT2D eigenvalue weighted by molar-refractivity contribution is 7.81. The van der Waals surface area contributed by atoms with Crippen molar-refractivity contribution in [1.29, 1.82) is 0 Å². The van der Waals surface area contributed by atoms with Crippen molar-refractivity contribution in [3.63, 3.8) is 0 Å². The van der Waals surface area contributed by atoms with Crippen LogP contribution in [-0.2, 0) is 6.42 Å². The van der Waals surface area contributed by atoms with Crippen molar-refractivity contribution < 1.29 is 15.3 Å². The minimum absolute atomic E-state index is 0.0593. The number of hydrogen-bond donors (Lipinski definition) is 4. The molecule has 0 amide bonds. The van der Waals surface area contributed by atoms with Gasteiger partial charge in [0.25, 0.3) is 0 Å². The first kappa shape index (κ1) is 37.2. The van der Waals surface area contributed by atoms with E-state index in [0.29, 0.717) is 41.9 Å². The molecule has 0 bridgehead atoms. The molecule has 4 fully saturated rings. The van der Waals surface area contributed by atoms with Crippen molar-refractivity contribution >= 4 is 12.6 Å². The number of rotatable bonds is 11. The Morgan fingerprint density at radius 1 is 1.06 bits per heavy atom. The van der Waals surface area contributed by atoms with Gasteiger partial charge in [0.05, 0.1) is 17.8 Å². The Balaban J connectivity index is 1.37. The molecule has 264 valence electrons. The van der Waals surface area contributed by atoms with Crippen LogP contribution < -0.4 is 0 Å². The Labute approximate surface area is 293 Å². The van der Waals surface area contributed by atoms with Crippen LogP contribution in [0.3, 0.4) is 0 Å². The molecule has 13 atom stereocenters. The standard InChI is InChI=1S/C43H68O3S/c1-10-28(4)39(45)37(44)16-15-32-17-21-42(47)34(26-32)18-20-40(8)38(42)25-31(7)41(9)36(19-22-43(40,41)46)35(23-27(2)3)30(6)24-33-14-12-11-13-29(33)5/h11-14,23,28,30-32,34,36-39,44-47H,2,10,15-22,24-26H2,1,3-9H3/b35-23+. The van der Waals surface area contributed by atoms with Gasteiger partial charge in [-0.3, -0.25) is 0 Å². The summed E-state index contributed by atoms with van der Waals surface area (Å²) in [6.45, 7) is 22.6. The van der Waals surface area contributed by atoms with Crippen LogP contribution >= 0.6 is 12.6 Å². The summed E-state index contributed by atoms with van der Waals surface area (Å²) >= 11 is 5.69. The lowest BCUT2D eigenvalue weighted by molar-refractivity contribution is -0.249. The largest absolute Gasteiger partial charge is 0.390 e. The van der Waals surface area contributed by atoms with Crippen molar-refractivity contribution in [1.82, 2.24) is 0 Å². The summed E-state index contributed by atoms with van der Waals surface area (Å²) in [7, 11) is 0. The minimum Gasteiger partial charge on any atom is -0.390 e. The molecule has 1 aromatic rings. The van der Waals surface area contributed by atoms with Gasteiger partial charge in [0.2, 0.25) is 0 Å². The predicted molar refractivity (Wildman–Crippen MR) is 201 cm³/mol. The summed E-state index contributed by atoms with van der Waals surface area (Å²) in [6, 6.07) is 8.80. The van der Waals surface area contributed by atoms with Gasteiger partial charge in [-0.25, -0.2) is 0 Å². The fourth-order valence-corrected chi connectivity index (χ4v) is 12.7. The number of aliphatic hydroxyl groups excluding tert-OH is 2. The maximum Gasteiger partial charge on any atom is 0.0824 e. The third-order valence-corrected chi connectivity index (χ3v) is 16.2. The molecule has 0 aromatic heterocycles. The lowest BCUT2D eigenvalue weighted by Gasteiger charge is -2.70. The van der Waals surface area contributed by atoms with Gasteiger partial charge in [-0.15, -0.1) is 0 Å². The van der Waals surface area contributed by atoms with Gasteiger partial charge in [0.1, 0.15) is 0 Å². The van der Waals surface area contributed by atoms with Gasteiger partial charge in [-0.1, -0.05) is 96.0 Å². The van der Waals surface area contributed by atoms with Gasteiger partial charge in [0, 0.05) is 15.6 Å². The highest BCUT2D eigenvalue weighted by Gasteiger charge is 2.74. The van der Waals surface area contributed by atoms with Crippen LogP contribution in [0.5, 0.6) is 0 Å². The first-order chi connectivity index (χ1) is 22.0. The van der Waals surface area contributed by atoms with Gasteiger partial charge >= 0.3 is 0 Å². The van der Waals surface area contributed by atoms with Crippen molar-refractivity contribution in [2.24, 2.45) is 52.3 Å². The number of fused-ring (bicyclic) bond motifs is 5. The first-order valence-electron chi connectivity index (χ1n) is 19.3. The van der Waals surface area contributed by atoms with Gasteiger partial charge in [-0.05, 0) is 137 Å². The van der Waals surface area contributed by atoms with Crippen LogP contribution in [0.15, 0.2) is 48.1 Å². The third-order valence-electron chi connectivity index (χ3n) is 15.3. The summed E-state index contributed by atoms with van der Waals surface area (Å²) in [5.74, 6) is 2.74. The van der Waals surface area contributed by atoms with E-state index in [1.807, 2.05) is 6.92 Å². The minimum atomic E-state index is -0.739. The zero-order chi connectivity index (χ0) is 34.5. The maximum absolute atomic E-state index is 13.3. The lowest BCUT2D eigenvalue weighted by atomic mass is 9.38. The van der Waals surface area contributed by atoms with Crippen molar-refractivity contribution in [2.45, 2.75) is 155 Å². The molecule has 3 N–H and O–H groups in total. The molecule has 13 unspecified atom stereocenters. The summed E-state index contributed by atoms with van der Waals surface area (Å²) in [4.78, 5) is 0. The Morgan fingerprint density at radius 3 is 2.43 bits per heavy atom. The van der Waals surface area contributed by atoms with Crippen molar-refractivity contribution in [3.05, 3.63) is 59.2 Å². The second-order valence-corrected chi connectivity index (χ2v) is 18.6. The number of hydrogen-bond acceptors (Lipinski definition) is 4. The Bertz CT molecular complexity index is 1310. The van der Waals surface area contributed by atoms with Crippen LogP contribution in [0.1, 0.15) is 130 Å². The molecular formula is C43H68O3S. The molecule has 0 saturated heterocycles. The van der Waals surface area contributed by atoms with Crippen LogP contribution in [0.4, 0.5) is 0 Å². The number of allylic oxidation sites excluding steroid dienone is 3. The van der Waals surface area contributed by atoms with E-state index in [9.17, 15) is 15.3 Å². The topological polar surface area (TPSA) is 60.7 Å². The molecule has 4 aliphatic rings. The van der Waals surface area contributed by atoms with Crippen molar-refractivity contribution in [3.8, 4) is 0 Å². The summed E-state index contributed by atoms with van der Waals surface area (Å²) in [6.07, 6.45) is 13.3. The Hall–Kier alpha value is -1.07. The van der Waals surface area contributed by atoms with Gasteiger partial charge < -0.3 is 15.3 Å². The molecule has 0 aliphatic heterocycles. The highest BCUT2D eigenvalue weighted by Crippen LogP contribution is 2.75. The number of thiol groups is 1. The fraction of sp³-hybridized carbons (Fsp3) is 0.767. The summed E-state index contributed by atoms with van der Waals surface area (Å²) in [5.41, 5.74) is 4.26. The second kappa shape index (κ2) is 13.9. The summed E-state index contributed by atoms with van der Waals surface area (Å²) < 4.78 is -0.0593. The molecule has 1 aromatic carbocycles. The van der Waals surface area contributed by atoms with Crippen LogP contribution in [-0.4, -0.2) is 37.9 Å². The van der Waals surface area contributed by atoms with Crippen molar-refractivity contribution in [2.75, 3.05) is 0 Å². The number of benzene rings is 1. The first-order valence-corrected chi connectivity index (χ1v) is 19.7. The zero-order valence-electron chi connectivity index (χ0n) is 31.1. The highest BCUT2D eigenvalue weighted by atomic mass is 32.1. The smallest absolute Gasteiger partial charge is 0.0824 e. The average Bonchev–Trinajstić information content (AvgIpc) is 3.32. The van der Waals surface area contributed by atoms with E-state index in [2.05, 4.69) is 85.4 Å². The fourth-order valence-electron chi connectivity index (χ4n) is 11.9. The van der Waals surface area contributed by atoms with E-state index in [-0.39, 0.29) is 21.5 Å². The molecule has 3 nitrogen and oxygen atoms in total. The predicted octanol–water partition coefficient (Wildman–Crippen LogP) is 9.91. The van der Waals surface area contributed by atoms with Crippen LogP contribution in [0.2, 0.25) is 0 Å². The third kappa shape index (κ3) is 6.27. The van der Waals surface area contributed by atoms with E-state index in [1.54, 1.807) is 0 Å². The molecule has 4 heteroatoms.